The van der Waals surface area contributed by atoms with Gasteiger partial charge in [0.15, 0.2) is 0 Å². The molecule has 0 aromatic carbocycles. The molecule has 0 aliphatic heterocycles. The average molecular weight is 279 g/mol. The summed E-state index contributed by atoms with van der Waals surface area (Å²) in [4.78, 5) is 14.5. The number of hydrazine groups is 1. The van der Waals surface area contributed by atoms with Crippen molar-refractivity contribution in [2.75, 3.05) is 10.7 Å². The summed E-state index contributed by atoms with van der Waals surface area (Å²) in [6, 6.07) is 4.65. The van der Waals surface area contributed by atoms with E-state index in [-0.39, 0.29) is 17.5 Å². The van der Waals surface area contributed by atoms with Crippen LogP contribution < -0.4 is 16.6 Å². The van der Waals surface area contributed by atoms with E-state index < -0.39 is 4.92 Å². The van der Waals surface area contributed by atoms with Crippen molar-refractivity contribution in [3.05, 3.63) is 44.6 Å². The van der Waals surface area contributed by atoms with Gasteiger partial charge in [0, 0.05) is 0 Å². The second-order valence-electron chi connectivity index (χ2n) is 3.92. The van der Waals surface area contributed by atoms with E-state index in [0.29, 0.717) is 5.82 Å². The molecule has 2 heterocycles. The maximum atomic E-state index is 10.8. The number of anilines is 2. The third-order valence-electron chi connectivity index (χ3n) is 2.58. The maximum Gasteiger partial charge on any atom is 0.276 e. The van der Waals surface area contributed by atoms with Crippen LogP contribution in [0, 0.1) is 10.1 Å². The maximum absolute atomic E-state index is 10.8. The number of pyridine rings is 1. The van der Waals surface area contributed by atoms with E-state index in [2.05, 4.69) is 15.7 Å². The third kappa shape index (κ3) is 3.18. The lowest BCUT2D eigenvalue weighted by Crippen LogP contribution is -2.12. The molecule has 0 spiro atoms. The molecule has 2 aromatic heterocycles. The topological polar surface area (TPSA) is 106 Å². The van der Waals surface area contributed by atoms with Crippen LogP contribution in [-0.4, -0.2) is 9.91 Å². The molecule has 2 aromatic rings. The van der Waals surface area contributed by atoms with Gasteiger partial charge in [-0.25, -0.2) is 10.8 Å². The number of rotatable bonds is 5. The average Bonchev–Trinajstić information content (AvgIpc) is 2.92. The van der Waals surface area contributed by atoms with Gasteiger partial charge in [-0.2, -0.15) is 11.3 Å². The van der Waals surface area contributed by atoms with Crippen molar-refractivity contribution >= 4 is 28.7 Å². The highest BCUT2D eigenvalue weighted by molar-refractivity contribution is 7.07. The van der Waals surface area contributed by atoms with Crippen molar-refractivity contribution in [3.63, 3.8) is 0 Å². The van der Waals surface area contributed by atoms with Gasteiger partial charge in [0.05, 0.1) is 23.1 Å². The smallest absolute Gasteiger partial charge is 0.276 e. The number of hydrogen-bond donors (Lipinski definition) is 3. The molecule has 100 valence electrons. The first-order valence-corrected chi connectivity index (χ1v) is 6.46. The number of nitro groups is 1. The third-order valence-corrected chi connectivity index (χ3v) is 3.28. The molecule has 1 atom stereocenters. The molecule has 1 unspecified atom stereocenters. The van der Waals surface area contributed by atoms with Crippen LogP contribution >= 0.6 is 11.3 Å². The van der Waals surface area contributed by atoms with Crippen molar-refractivity contribution < 1.29 is 4.92 Å². The molecule has 0 aliphatic rings. The van der Waals surface area contributed by atoms with Crippen LogP contribution in [0.15, 0.2) is 29.0 Å². The van der Waals surface area contributed by atoms with Crippen molar-refractivity contribution in [2.24, 2.45) is 5.84 Å². The van der Waals surface area contributed by atoms with E-state index >= 15 is 0 Å². The second kappa shape index (κ2) is 5.63. The van der Waals surface area contributed by atoms with Crippen LogP contribution in [0.4, 0.5) is 17.3 Å². The van der Waals surface area contributed by atoms with Crippen LogP contribution in [-0.2, 0) is 0 Å². The molecule has 0 amide bonds. The van der Waals surface area contributed by atoms with Gasteiger partial charge in [-0.1, -0.05) is 0 Å². The summed E-state index contributed by atoms with van der Waals surface area (Å²) in [5, 5.41) is 17.9. The summed E-state index contributed by atoms with van der Waals surface area (Å²) in [6.45, 7) is 1.96. The summed E-state index contributed by atoms with van der Waals surface area (Å²) in [7, 11) is 0. The number of nitrogens with one attached hydrogen (secondary N) is 2. The van der Waals surface area contributed by atoms with Crippen molar-refractivity contribution in [1.82, 2.24) is 4.98 Å². The molecule has 0 aliphatic carbocycles. The van der Waals surface area contributed by atoms with Gasteiger partial charge in [0.2, 0.25) is 0 Å². The lowest BCUT2D eigenvalue weighted by atomic mass is 10.2. The fourth-order valence-corrected chi connectivity index (χ4v) is 2.35. The van der Waals surface area contributed by atoms with Gasteiger partial charge in [-0.3, -0.25) is 10.1 Å². The van der Waals surface area contributed by atoms with E-state index in [4.69, 9.17) is 5.84 Å². The minimum Gasteiger partial charge on any atom is -0.363 e. The summed E-state index contributed by atoms with van der Waals surface area (Å²) in [6.07, 6.45) is 0. The van der Waals surface area contributed by atoms with E-state index in [1.54, 1.807) is 11.3 Å². The Bertz CT molecular complexity index is 572. The van der Waals surface area contributed by atoms with E-state index in [0.717, 1.165) is 5.56 Å². The van der Waals surface area contributed by atoms with E-state index in [1.807, 2.05) is 23.8 Å². The number of hydrogen-bond acceptors (Lipinski definition) is 7. The molecule has 0 radical (unpaired) electrons. The fraction of sp³-hybridized carbons (Fsp3) is 0.182. The molecule has 7 nitrogen and oxygen atoms in total. The minimum atomic E-state index is -0.483. The normalized spacial score (nSPS) is 11.9. The Kier molecular flexibility index (Phi) is 3.93. The highest BCUT2D eigenvalue weighted by atomic mass is 32.1. The zero-order valence-corrected chi connectivity index (χ0v) is 11.0. The fourth-order valence-electron chi connectivity index (χ4n) is 1.60. The molecular weight excluding hydrogens is 266 g/mol. The van der Waals surface area contributed by atoms with Gasteiger partial charge < -0.3 is 10.7 Å². The summed E-state index contributed by atoms with van der Waals surface area (Å²) >= 11 is 1.59. The molecule has 0 fully saturated rings. The van der Waals surface area contributed by atoms with Crippen molar-refractivity contribution in [2.45, 2.75) is 13.0 Å². The zero-order valence-electron chi connectivity index (χ0n) is 10.2. The Labute approximate surface area is 113 Å². The lowest BCUT2D eigenvalue weighted by Gasteiger charge is -2.13. The van der Waals surface area contributed by atoms with Crippen molar-refractivity contribution in [1.29, 1.82) is 0 Å². The highest BCUT2D eigenvalue weighted by Gasteiger charge is 2.13. The van der Waals surface area contributed by atoms with E-state index in [1.165, 1.54) is 12.1 Å². The van der Waals surface area contributed by atoms with Gasteiger partial charge in [0.1, 0.15) is 11.6 Å². The monoisotopic (exact) mass is 279 g/mol. The largest absolute Gasteiger partial charge is 0.363 e. The van der Waals surface area contributed by atoms with Crippen LogP contribution in [0.2, 0.25) is 0 Å². The number of nitrogens with two attached hydrogens (primary N) is 1. The lowest BCUT2D eigenvalue weighted by molar-refractivity contribution is -0.384. The first-order chi connectivity index (χ1) is 9.10. The van der Waals surface area contributed by atoms with Crippen LogP contribution in [0.1, 0.15) is 18.5 Å². The highest BCUT2D eigenvalue weighted by Crippen LogP contribution is 2.24. The SMILES string of the molecule is CC(Nc1cc([N+](=O)[O-])cc(NN)n1)c1ccsc1. The Morgan fingerprint density at radius 2 is 2.21 bits per heavy atom. The molecule has 4 N–H and O–H groups in total. The van der Waals surface area contributed by atoms with Crippen LogP contribution in [0.3, 0.4) is 0 Å². The quantitative estimate of drug-likeness (QED) is 0.441. The molecule has 2 rings (SSSR count). The van der Waals surface area contributed by atoms with Crippen LogP contribution in [0.25, 0.3) is 0 Å². The Morgan fingerprint density at radius 1 is 1.47 bits per heavy atom. The zero-order chi connectivity index (χ0) is 13.8. The molecular formula is C11H13N5O2S. The first kappa shape index (κ1) is 13.2. The minimum absolute atomic E-state index is 0.00591. The predicted octanol–water partition coefficient (Wildman–Crippen LogP) is 2.51. The molecule has 0 bridgehead atoms. The van der Waals surface area contributed by atoms with Gasteiger partial charge in [-0.05, 0) is 29.3 Å². The molecule has 0 saturated heterocycles. The van der Waals surface area contributed by atoms with Gasteiger partial charge >= 0.3 is 0 Å². The van der Waals surface area contributed by atoms with Crippen molar-refractivity contribution in [3.8, 4) is 0 Å². The molecule has 19 heavy (non-hydrogen) atoms. The Morgan fingerprint density at radius 3 is 2.79 bits per heavy atom. The second-order valence-corrected chi connectivity index (χ2v) is 4.70. The predicted molar refractivity (Wildman–Crippen MR) is 75.1 cm³/mol. The number of nitrogens with zero attached hydrogens (tertiary/aromatic N) is 2. The molecule has 8 heteroatoms. The van der Waals surface area contributed by atoms with Gasteiger partial charge in [-0.15, -0.1) is 0 Å². The summed E-state index contributed by atoms with van der Waals surface area (Å²) < 4.78 is 0. The number of aromatic nitrogens is 1. The standard InChI is InChI=1S/C11H13N5O2S/c1-7(8-2-3-19-6-8)13-10-4-9(16(17)18)5-11(14-10)15-12/h2-7H,12H2,1H3,(H2,13,14,15). The number of thiophene rings is 1. The Hall–Kier alpha value is -2.19. The van der Waals surface area contributed by atoms with Gasteiger partial charge in [0.25, 0.3) is 5.69 Å². The Balaban J connectivity index is 2.24. The number of nitrogen functional groups attached to an aromatic ring is 1. The van der Waals surface area contributed by atoms with Crippen LogP contribution in [0.5, 0.6) is 0 Å². The van der Waals surface area contributed by atoms with E-state index in [9.17, 15) is 10.1 Å². The summed E-state index contributed by atoms with van der Waals surface area (Å²) in [5.74, 6) is 5.90. The molecule has 0 saturated carbocycles. The first-order valence-electron chi connectivity index (χ1n) is 5.52. The summed E-state index contributed by atoms with van der Waals surface area (Å²) in [5.41, 5.74) is 3.35.